The molecule has 2 aromatic heterocycles. The van der Waals surface area contributed by atoms with Gasteiger partial charge in [0.2, 0.25) is 5.91 Å². The molecule has 0 bridgehead atoms. The summed E-state index contributed by atoms with van der Waals surface area (Å²) in [5, 5.41) is 12.3. The van der Waals surface area contributed by atoms with Gasteiger partial charge >= 0.3 is 0 Å². The van der Waals surface area contributed by atoms with Gasteiger partial charge in [0.15, 0.2) is 5.65 Å². The smallest absolute Gasteiger partial charge is 0.227 e. The normalized spacial score (nSPS) is 14.7. The van der Waals surface area contributed by atoms with Crippen LogP contribution in [0.2, 0.25) is 0 Å². The molecular formula is C18H20N6O2. The molecule has 1 saturated heterocycles. The predicted molar refractivity (Wildman–Crippen MR) is 96.3 cm³/mol. The number of hydrogen-bond acceptors (Lipinski definition) is 6. The van der Waals surface area contributed by atoms with Gasteiger partial charge in [-0.2, -0.15) is 4.52 Å². The van der Waals surface area contributed by atoms with E-state index in [1.54, 1.807) is 18.0 Å². The molecule has 1 amide bonds. The number of fused-ring (bicyclic) bond motifs is 1. The number of benzene rings is 1. The first-order valence-electron chi connectivity index (χ1n) is 8.56. The van der Waals surface area contributed by atoms with E-state index < -0.39 is 0 Å². The number of piperazine rings is 1. The highest BCUT2D eigenvalue weighted by Gasteiger charge is 2.23. The Hall–Kier alpha value is -3.16. The first-order chi connectivity index (χ1) is 12.7. The van der Waals surface area contributed by atoms with Gasteiger partial charge in [0, 0.05) is 31.7 Å². The summed E-state index contributed by atoms with van der Waals surface area (Å²) in [5.41, 5.74) is 1.64. The summed E-state index contributed by atoms with van der Waals surface area (Å²) in [6.07, 6.45) is 1.95. The zero-order valence-corrected chi connectivity index (χ0v) is 14.6. The maximum Gasteiger partial charge on any atom is 0.227 e. The minimum absolute atomic E-state index is 0.122. The molecular weight excluding hydrogens is 332 g/mol. The van der Waals surface area contributed by atoms with Gasteiger partial charge in [-0.25, -0.2) is 0 Å². The Morgan fingerprint density at radius 2 is 1.92 bits per heavy atom. The molecule has 1 aliphatic rings. The van der Waals surface area contributed by atoms with Crippen molar-refractivity contribution < 1.29 is 9.53 Å². The molecule has 1 fully saturated rings. The van der Waals surface area contributed by atoms with Gasteiger partial charge in [-0.3, -0.25) is 4.79 Å². The largest absolute Gasteiger partial charge is 0.496 e. The van der Waals surface area contributed by atoms with Crippen LogP contribution in [0, 0.1) is 0 Å². The number of anilines is 1. The molecule has 8 nitrogen and oxygen atoms in total. The summed E-state index contributed by atoms with van der Waals surface area (Å²) in [6, 6.07) is 11.5. The van der Waals surface area contributed by atoms with Gasteiger partial charge in [-0.15, -0.1) is 15.3 Å². The van der Waals surface area contributed by atoms with Gasteiger partial charge in [0.25, 0.3) is 0 Å². The summed E-state index contributed by atoms with van der Waals surface area (Å²) in [7, 11) is 1.63. The second kappa shape index (κ2) is 6.99. The predicted octanol–water partition coefficient (Wildman–Crippen LogP) is 1.02. The second-order valence-electron chi connectivity index (χ2n) is 6.18. The van der Waals surface area contributed by atoms with Crippen LogP contribution in [0.3, 0.4) is 0 Å². The molecule has 3 heterocycles. The third kappa shape index (κ3) is 3.17. The molecule has 8 heteroatoms. The Balaban J connectivity index is 1.39. The summed E-state index contributed by atoms with van der Waals surface area (Å²) >= 11 is 0. The van der Waals surface area contributed by atoms with Crippen molar-refractivity contribution in [3.8, 4) is 5.75 Å². The molecule has 0 radical (unpaired) electrons. The van der Waals surface area contributed by atoms with E-state index >= 15 is 0 Å². The molecule has 0 N–H and O–H groups in total. The maximum atomic E-state index is 12.6. The van der Waals surface area contributed by atoms with E-state index in [9.17, 15) is 4.79 Å². The number of rotatable bonds is 4. The van der Waals surface area contributed by atoms with E-state index in [2.05, 4.69) is 20.2 Å². The third-order valence-electron chi connectivity index (χ3n) is 4.64. The number of ether oxygens (including phenoxy) is 1. The van der Waals surface area contributed by atoms with Crippen molar-refractivity contribution in [1.29, 1.82) is 0 Å². The molecule has 0 atom stereocenters. The van der Waals surface area contributed by atoms with Gasteiger partial charge < -0.3 is 14.5 Å². The first-order valence-corrected chi connectivity index (χ1v) is 8.56. The molecule has 0 unspecified atom stereocenters. The fraction of sp³-hybridized carbons (Fsp3) is 0.333. The second-order valence-corrected chi connectivity index (χ2v) is 6.18. The van der Waals surface area contributed by atoms with E-state index in [4.69, 9.17) is 4.74 Å². The van der Waals surface area contributed by atoms with Gasteiger partial charge in [-0.1, -0.05) is 18.2 Å². The summed E-state index contributed by atoms with van der Waals surface area (Å²) in [5.74, 6) is 1.75. The van der Waals surface area contributed by atoms with Crippen LogP contribution < -0.4 is 9.64 Å². The summed E-state index contributed by atoms with van der Waals surface area (Å²) in [4.78, 5) is 16.7. The molecule has 134 valence electrons. The first kappa shape index (κ1) is 16.3. The number of nitrogens with zero attached hydrogens (tertiary/aromatic N) is 6. The zero-order chi connectivity index (χ0) is 17.9. The fourth-order valence-electron chi connectivity index (χ4n) is 3.20. The van der Waals surface area contributed by atoms with E-state index in [-0.39, 0.29) is 5.91 Å². The van der Waals surface area contributed by atoms with Gasteiger partial charge in [0.1, 0.15) is 17.9 Å². The number of carbonyl (C=O) groups is 1. The van der Waals surface area contributed by atoms with E-state index in [1.807, 2.05) is 41.3 Å². The van der Waals surface area contributed by atoms with Crippen LogP contribution in [0.25, 0.3) is 5.65 Å². The molecule has 1 aromatic carbocycles. The highest BCUT2D eigenvalue weighted by molar-refractivity contribution is 5.79. The van der Waals surface area contributed by atoms with Crippen LogP contribution in [0.4, 0.5) is 5.82 Å². The molecule has 0 spiro atoms. The van der Waals surface area contributed by atoms with Crippen LogP contribution in [0.5, 0.6) is 5.75 Å². The lowest BCUT2D eigenvalue weighted by atomic mass is 10.1. The van der Waals surface area contributed by atoms with Crippen LogP contribution in [0.15, 0.2) is 42.7 Å². The van der Waals surface area contributed by atoms with Crippen LogP contribution >= 0.6 is 0 Å². The SMILES string of the molecule is COc1ccccc1CC(=O)N1CCN(c2ccc3nncn3n2)CC1. The molecule has 1 aliphatic heterocycles. The number of carbonyl (C=O) groups excluding carboxylic acids is 1. The van der Waals surface area contributed by atoms with Crippen molar-refractivity contribution in [3.63, 3.8) is 0 Å². The highest BCUT2D eigenvalue weighted by atomic mass is 16.5. The molecule has 3 aromatic rings. The van der Waals surface area contributed by atoms with E-state index in [0.717, 1.165) is 35.9 Å². The van der Waals surface area contributed by atoms with Crippen LogP contribution in [-0.4, -0.2) is 63.9 Å². The Labute approximate surface area is 151 Å². The number of methoxy groups -OCH3 is 1. The Kier molecular flexibility index (Phi) is 4.39. The van der Waals surface area contributed by atoms with Crippen molar-refractivity contribution in [2.45, 2.75) is 6.42 Å². The number of hydrogen-bond donors (Lipinski definition) is 0. The lowest BCUT2D eigenvalue weighted by Crippen LogP contribution is -2.49. The number of aromatic nitrogens is 4. The van der Waals surface area contributed by atoms with Gasteiger partial charge in [-0.05, 0) is 18.2 Å². The lowest BCUT2D eigenvalue weighted by Gasteiger charge is -2.35. The topological polar surface area (TPSA) is 75.9 Å². The Morgan fingerprint density at radius 3 is 2.73 bits per heavy atom. The van der Waals surface area contributed by atoms with E-state index in [0.29, 0.717) is 19.5 Å². The monoisotopic (exact) mass is 352 g/mol. The number of para-hydroxylation sites is 1. The summed E-state index contributed by atoms with van der Waals surface area (Å²) in [6.45, 7) is 2.85. The third-order valence-corrected chi connectivity index (χ3v) is 4.64. The quantitative estimate of drug-likeness (QED) is 0.698. The number of amides is 1. The van der Waals surface area contributed by atoms with Crippen molar-refractivity contribution in [2.75, 3.05) is 38.2 Å². The average molecular weight is 352 g/mol. The average Bonchev–Trinajstić information content (AvgIpc) is 3.16. The van der Waals surface area contributed by atoms with Crippen molar-refractivity contribution in [1.82, 2.24) is 24.7 Å². The maximum absolute atomic E-state index is 12.6. The molecule has 4 rings (SSSR count). The Bertz CT molecular complexity index is 917. The van der Waals surface area contributed by atoms with E-state index in [1.165, 1.54) is 0 Å². The summed E-state index contributed by atoms with van der Waals surface area (Å²) < 4.78 is 7.00. The van der Waals surface area contributed by atoms with Gasteiger partial charge in [0.05, 0.1) is 13.5 Å². The standard InChI is InChI=1S/C18H20N6O2/c1-26-15-5-3-2-4-14(15)12-18(25)23-10-8-22(9-11-23)17-7-6-16-20-19-13-24(16)21-17/h2-7,13H,8-12H2,1H3. The molecule has 26 heavy (non-hydrogen) atoms. The van der Waals surface area contributed by atoms with Crippen LogP contribution in [-0.2, 0) is 11.2 Å². The minimum Gasteiger partial charge on any atom is -0.496 e. The van der Waals surface area contributed by atoms with Crippen molar-refractivity contribution in [3.05, 3.63) is 48.3 Å². The Morgan fingerprint density at radius 1 is 1.12 bits per heavy atom. The minimum atomic E-state index is 0.122. The van der Waals surface area contributed by atoms with Crippen molar-refractivity contribution in [2.24, 2.45) is 0 Å². The van der Waals surface area contributed by atoms with Crippen molar-refractivity contribution >= 4 is 17.4 Å². The molecule has 0 saturated carbocycles. The lowest BCUT2D eigenvalue weighted by molar-refractivity contribution is -0.130. The molecule has 0 aliphatic carbocycles. The zero-order valence-electron chi connectivity index (χ0n) is 14.6. The van der Waals surface area contributed by atoms with Crippen LogP contribution in [0.1, 0.15) is 5.56 Å². The highest BCUT2D eigenvalue weighted by Crippen LogP contribution is 2.19. The fourth-order valence-corrected chi connectivity index (χ4v) is 3.20.